The first-order valence-electron chi connectivity index (χ1n) is 8.80. The van der Waals surface area contributed by atoms with Crippen LogP contribution in [-0.4, -0.2) is 18.4 Å². The molecule has 8 heteroatoms. The van der Waals surface area contributed by atoms with E-state index in [4.69, 9.17) is 0 Å². The summed E-state index contributed by atoms with van der Waals surface area (Å²) in [4.78, 5) is 8.99. The quantitative estimate of drug-likeness (QED) is 0.503. The smallest absolute Gasteiger partial charge is 0.263 e. The monoisotopic (exact) mass is 408 g/mol. The molecule has 1 heterocycles. The molecular weight excluding hydrogens is 391 g/mol. The van der Waals surface area contributed by atoms with Crippen molar-refractivity contribution in [3.05, 3.63) is 84.2 Å². The van der Waals surface area contributed by atoms with Crippen LogP contribution in [0.25, 0.3) is 11.0 Å². The Balaban J connectivity index is 1.78. The van der Waals surface area contributed by atoms with Gasteiger partial charge in [-0.2, -0.15) is 0 Å². The Hall–Kier alpha value is -3.52. The molecule has 29 heavy (non-hydrogen) atoms. The molecular formula is C21H17FN4O2S. The minimum atomic E-state index is -3.89. The van der Waals surface area contributed by atoms with Crippen molar-refractivity contribution in [1.29, 1.82) is 0 Å². The number of hydrogen-bond donors (Lipinski definition) is 2. The molecule has 0 saturated carbocycles. The van der Waals surface area contributed by atoms with Crippen LogP contribution in [-0.2, 0) is 10.0 Å². The molecule has 0 fully saturated rings. The van der Waals surface area contributed by atoms with Gasteiger partial charge in [0, 0.05) is 5.69 Å². The van der Waals surface area contributed by atoms with E-state index in [-0.39, 0.29) is 16.5 Å². The summed E-state index contributed by atoms with van der Waals surface area (Å²) in [6, 6.07) is 19.4. The maximum Gasteiger partial charge on any atom is 0.263 e. The number of sulfonamides is 1. The minimum absolute atomic E-state index is 0.0218. The van der Waals surface area contributed by atoms with E-state index in [1.165, 1.54) is 24.3 Å². The van der Waals surface area contributed by atoms with Crippen LogP contribution in [0.1, 0.15) is 5.56 Å². The Labute approximate surface area is 167 Å². The second-order valence-corrected chi connectivity index (χ2v) is 8.15. The summed E-state index contributed by atoms with van der Waals surface area (Å²) in [6.07, 6.45) is 0. The van der Waals surface area contributed by atoms with Gasteiger partial charge in [0.2, 0.25) is 0 Å². The minimum Gasteiger partial charge on any atom is -0.337 e. The molecule has 6 nitrogen and oxygen atoms in total. The summed E-state index contributed by atoms with van der Waals surface area (Å²) in [5, 5.41) is 2.95. The zero-order valence-corrected chi connectivity index (χ0v) is 16.2. The molecule has 0 saturated heterocycles. The summed E-state index contributed by atoms with van der Waals surface area (Å²) in [5.41, 5.74) is 2.47. The highest BCUT2D eigenvalue weighted by molar-refractivity contribution is 7.92. The molecule has 4 aromatic rings. The average molecular weight is 408 g/mol. The highest BCUT2D eigenvalue weighted by Crippen LogP contribution is 2.27. The summed E-state index contributed by atoms with van der Waals surface area (Å²) >= 11 is 0. The van der Waals surface area contributed by atoms with Crippen LogP contribution in [0.5, 0.6) is 0 Å². The number of anilines is 3. The maximum atomic E-state index is 13.6. The highest BCUT2D eigenvalue weighted by Gasteiger charge is 2.19. The number of aromatic nitrogens is 2. The van der Waals surface area contributed by atoms with Crippen molar-refractivity contribution in [3.8, 4) is 0 Å². The topological polar surface area (TPSA) is 84.0 Å². The average Bonchev–Trinajstić information content (AvgIpc) is 2.68. The standard InChI is InChI=1S/C21H17FN4O2S/c1-14-9-11-17(12-10-14)29(27,28)26-21-20(23-16-6-4-5-15(22)13-16)24-18-7-2-3-8-19(18)25-21/h2-13H,1H3,(H,23,24)(H,25,26). The molecule has 0 aliphatic carbocycles. The third-order valence-corrected chi connectivity index (χ3v) is 5.58. The summed E-state index contributed by atoms with van der Waals surface area (Å²) in [5.74, 6) is -0.232. The molecule has 146 valence electrons. The van der Waals surface area contributed by atoms with E-state index < -0.39 is 15.8 Å². The fraction of sp³-hybridized carbons (Fsp3) is 0.0476. The van der Waals surface area contributed by atoms with Gasteiger partial charge in [0.25, 0.3) is 10.0 Å². The number of aryl methyl sites for hydroxylation is 1. The van der Waals surface area contributed by atoms with Crippen LogP contribution >= 0.6 is 0 Å². The first-order chi connectivity index (χ1) is 13.9. The first-order valence-corrected chi connectivity index (χ1v) is 10.3. The van der Waals surface area contributed by atoms with Gasteiger partial charge in [-0.15, -0.1) is 0 Å². The van der Waals surface area contributed by atoms with Gasteiger partial charge in [-0.1, -0.05) is 35.9 Å². The Morgan fingerprint density at radius 1 is 0.828 bits per heavy atom. The zero-order chi connectivity index (χ0) is 20.4. The number of rotatable bonds is 5. The molecule has 0 aliphatic heterocycles. The first kappa shape index (κ1) is 18.8. The molecule has 0 atom stereocenters. The number of para-hydroxylation sites is 2. The summed E-state index contributed by atoms with van der Waals surface area (Å²) < 4.78 is 41.7. The van der Waals surface area contributed by atoms with Crippen molar-refractivity contribution in [3.63, 3.8) is 0 Å². The zero-order valence-electron chi connectivity index (χ0n) is 15.4. The fourth-order valence-corrected chi connectivity index (χ4v) is 3.77. The van der Waals surface area contributed by atoms with Gasteiger partial charge in [0.05, 0.1) is 15.9 Å². The van der Waals surface area contributed by atoms with Crippen LogP contribution < -0.4 is 10.0 Å². The van der Waals surface area contributed by atoms with Crippen molar-refractivity contribution < 1.29 is 12.8 Å². The lowest BCUT2D eigenvalue weighted by Gasteiger charge is -2.14. The number of hydrogen-bond acceptors (Lipinski definition) is 5. The molecule has 2 N–H and O–H groups in total. The van der Waals surface area contributed by atoms with Crippen LogP contribution in [0.4, 0.5) is 21.7 Å². The molecule has 0 spiro atoms. The molecule has 0 bridgehead atoms. The van der Waals surface area contributed by atoms with Crippen LogP contribution in [0.2, 0.25) is 0 Å². The predicted octanol–water partition coefficient (Wildman–Crippen LogP) is 4.62. The Bertz CT molecular complexity index is 1290. The van der Waals surface area contributed by atoms with E-state index in [1.54, 1.807) is 48.5 Å². The van der Waals surface area contributed by atoms with Gasteiger partial charge in [-0.05, 0) is 49.4 Å². The van der Waals surface area contributed by atoms with E-state index in [0.29, 0.717) is 16.7 Å². The van der Waals surface area contributed by atoms with E-state index >= 15 is 0 Å². The lowest BCUT2D eigenvalue weighted by molar-refractivity contribution is 0.601. The van der Waals surface area contributed by atoms with Crippen molar-refractivity contribution in [2.45, 2.75) is 11.8 Å². The van der Waals surface area contributed by atoms with Gasteiger partial charge in [0.15, 0.2) is 11.6 Å². The van der Waals surface area contributed by atoms with Gasteiger partial charge in [0.1, 0.15) is 5.82 Å². The lowest BCUT2D eigenvalue weighted by atomic mass is 10.2. The van der Waals surface area contributed by atoms with Crippen molar-refractivity contribution in [2.75, 3.05) is 10.0 Å². The second kappa shape index (κ2) is 7.48. The molecule has 3 aromatic carbocycles. The van der Waals surface area contributed by atoms with E-state index in [2.05, 4.69) is 20.0 Å². The number of nitrogens with zero attached hydrogens (tertiary/aromatic N) is 2. The molecule has 1 aromatic heterocycles. The molecule has 0 unspecified atom stereocenters. The summed E-state index contributed by atoms with van der Waals surface area (Å²) in [6.45, 7) is 1.87. The number of nitrogens with one attached hydrogen (secondary N) is 2. The largest absolute Gasteiger partial charge is 0.337 e. The van der Waals surface area contributed by atoms with Crippen LogP contribution in [0, 0.1) is 12.7 Å². The van der Waals surface area contributed by atoms with E-state index in [1.807, 2.05) is 6.92 Å². The van der Waals surface area contributed by atoms with Gasteiger partial charge in [-0.3, -0.25) is 4.72 Å². The summed E-state index contributed by atoms with van der Waals surface area (Å²) in [7, 11) is -3.89. The Kier molecular flexibility index (Phi) is 4.85. The van der Waals surface area contributed by atoms with Crippen LogP contribution in [0.15, 0.2) is 77.7 Å². The van der Waals surface area contributed by atoms with Crippen molar-refractivity contribution >= 4 is 38.4 Å². The molecule has 0 amide bonds. The normalized spacial score (nSPS) is 11.4. The van der Waals surface area contributed by atoms with E-state index in [0.717, 1.165) is 5.56 Å². The van der Waals surface area contributed by atoms with E-state index in [9.17, 15) is 12.8 Å². The van der Waals surface area contributed by atoms with Crippen molar-refractivity contribution in [2.24, 2.45) is 0 Å². The SMILES string of the molecule is Cc1ccc(S(=O)(=O)Nc2nc3ccccc3nc2Nc2cccc(F)c2)cc1. The predicted molar refractivity (Wildman–Crippen MR) is 111 cm³/mol. The maximum absolute atomic E-state index is 13.6. The number of fused-ring (bicyclic) bond motifs is 1. The number of benzene rings is 3. The van der Waals surface area contributed by atoms with Crippen LogP contribution in [0.3, 0.4) is 0 Å². The number of halogens is 1. The third kappa shape index (κ3) is 4.17. The molecule has 4 rings (SSSR count). The molecule has 0 radical (unpaired) electrons. The third-order valence-electron chi connectivity index (χ3n) is 4.22. The molecule has 0 aliphatic rings. The Morgan fingerprint density at radius 2 is 1.48 bits per heavy atom. The van der Waals surface area contributed by atoms with Crippen molar-refractivity contribution in [1.82, 2.24) is 9.97 Å². The highest BCUT2D eigenvalue weighted by atomic mass is 32.2. The Morgan fingerprint density at radius 3 is 2.14 bits per heavy atom. The fourth-order valence-electron chi connectivity index (χ4n) is 2.76. The lowest BCUT2D eigenvalue weighted by Crippen LogP contribution is -2.16. The van der Waals surface area contributed by atoms with Gasteiger partial charge >= 0.3 is 0 Å². The van der Waals surface area contributed by atoms with Gasteiger partial charge < -0.3 is 5.32 Å². The second-order valence-electron chi connectivity index (χ2n) is 6.46. The van der Waals surface area contributed by atoms with Gasteiger partial charge in [-0.25, -0.2) is 22.8 Å².